The molecular weight excluding hydrogens is 294 g/mol. The second-order valence-electron chi connectivity index (χ2n) is 5.24. The maximum absolute atomic E-state index is 11.4. The van der Waals surface area contributed by atoms with Crippen LogP contribution in [0.15, 0.2) is 11.1 Å². The van der Waals surface area contributed by atoms with Crippen molar-refractivity contribution in [1.29, 1.82) is 0 Å². The quantitative estimate of drug-likeness (QED) is 0.585. The van der Waals surface area contributed by atoms with Crippen molar-refractivity contribution in [2.24, 2.45) is 0 Å². The van der Waals surface area contributed by atoms with Gasteiger partial charge in [-0.25, -0.2) is 0 Å². The predicted molar refractivity (Wildman–Crippen MR) is 66.7 cm³/mol. The van der Waals surface area contributed by atoms with Crippen LogP contribution in [-0.4, -0.2) is 56.5 Å². The third kappa shape index (κ3) is 2.12. The molecule has 0 spiro atoms. The van der Waals surface area contributed by atoms with Crippen LogP contribution in [-0.2, 0) is 4.79 Å². The van der Waals surface area contributed by atoms with Crippen LogP contribution in [0.2, 0.25) is 0 Å². The van der Waals surface area contributed by atoms with Gasteiger partial charge in [-0.3, -0.25) is 29.9 Å². The maximum atomic E-state index is 11.4. The zero-order valence-corrected chi connectivity index (χ0v) is 11.1. The number of piperidine rings is 1. The molecule has 0 aromatic carbocycles. The standard InChI is InChI=1S/C10H12ClN3O6/c11-7-1-2-9(13(17)18)4-10(7,14(19)20)6-12(5-9)3-8(15)16/h1H,2-6H2,(H,15,16)/t9-,10-/m0/s1. The minimum absolute atomic E-state index is 0.0372. The van der Waals surface area contributed by atoms with Crippen LogP contribution in [0, 0.1) is 20.2 Å². The number of nitro groups is 2. The molecule has 9 nitrogen and oxygen atoms in total. The van der Waals surface area contributed by atoms with Crippen molar-refractivity contribution in [3.05, 3.63) is 31.3 Å². The van der Waals surface area contributed by atoms with Gasteiger partial charge in [0.25, 0.3) is 5.54 Å². The fourth-order valence-corrected chi connectivity index (χ4v) is 3.25. The van der Waals surface area contributed by atoms with Crippen LogP contribution in [0.5, 0.6) is 0 Å². The molecule has 1 aliphatic carbocycles. The highest BCUT2D eigenvalue weighted by molar-refractivity contribution is 6.30. The van der Waals surface area contributed by atoms with Gasteiger partial charge in [-0.15, -0.1) is 0 Å². The molecular formula is C10H12ClN3O6. The van der Waals surface area contributed by atoms with E-state index in [4.69, 9.17) is 16.7 Å². The molecule has 1 heterocycles. The lowest BCUT2D eigenvalue weighted by Crippen LogP contribution is -2.67. The number of carbonyl (C=O) groups is 1. The fourth-order valence-electron chi connectivity index (χ4n) is 2.97. The van der Waals surface area contributed by atoms with Crippen molar-refractivity contribution in [2.75, 3.05) is 19.6 Å². The van der Waals surface area contributed by atoms with Crippen LogP contribution in [0.25, 0.3) is 0 Å². The zero-order valence-electron chi connectivity index (χ0n) is 10.3. The van der Waals surface area contributed by atoms with Crippen molar-refractivity contribution in [3.63, 3.8) is 0 Å². The number of carboxylic acids is 1. The molecule has 0 aromatic heterocycles. The van der Waals surface area contributed by atoms with E-state index in [0.29, 0.717) is 0 Å². The molecule has 110 valence electrons. The molecule has 2 rings (SSSR count). The Morgan fingerprint density at radius 1 is 1.40 bits per heavy atom. The summed E-state index contributed by atoms with van der Waals surface area (Å²) in [6, 6.07) is 0. The number of carboxylic acid groups (broad SMARTS) is 1. The van der Waals surface area contributed by atoms with Gasteiger partial charge in [-0.2, -0.15) is 0 Å². The summed E-state index contributed by atoms with van der Waals surface area (Å²) in [4.78, 5) is 33.5. The van der Waals surface area contributed by atoms with Crippen molar-refractivity contribution in [3.8, 4) is 0 Å². The van der Waals surface area contributed by atoms with Crippen molar-refractivity contribution in [1.82, 2.24) is 4.90 Å². The van der Waals surface area contributed by atoms with Crippen molar-refractivity contribution in [2.45, 2.75) is 23.9 Å². The summed E-state index contributed by atoms with van der Waals surface area (Å²) in [6.45, 7) is -0.866. The molecule has 1 aliphatic heterocycles. The average Bonchev–Trinajstić information content (AvgIpc) is 2.33. The first kappa shape index (κ1) is 14.7. The van der Waals surface area contributed by atoms with E-state index in [-0.39, 0.29) is 31.0 Å². The number of fused-ring (bicyclic) bond motifs is 2. The Labute approximate surface area is 118 Å². The van der Waals surface area contributed by atoms with Crippen LogP contribution in [0.3, 0.4) is 0 Å². The van der Waals surface area contributed by atoms with Gasteiger partial charge in [0.15, 0.2) is 0 Å². The molecule has 0 unspecified atom stereocenters. The highest BCUT2D eigenvalue weighted by atomic mass is 35.5. The number of rotatable bonds is 4. The number of likely N-dealkylation sites (tertiary alicyclic amines) is 1. The highest BCUT2D eigenvalue weighted by Gasteiger charge is 2.65. The van der Waals surface area contributed by atoms with Crippen LogP contribution < -0.4 is 0 Å². The maximum Gasteiger partial charge on any atom is 0.317 e. The molecule has 20 heavy (non-hydrogen) atoms. The molecule has 0 saturated carbocycles. The lowest BCUT2D eigenvalue weighted by Gasteiger charge is -2.44. The summed E-state index contributed by atoms with van der Waals surface area (Å²) in [5.74, 6) is -1.19. The van der Waals surface area contributed by atoms with Gasteiger partial charge in [0, 0.05) is 16.3 Å². The van der Waals surface area contributed by atoms with Crippen LogP contribution >= 0.6 is 11.6 Å². The van der Waals surface area contributed by atoms with E-state index in [9.17, 15) is 25.0 Å². The molecule has 2 aliphatic rings. The molecule has 1 fully saturated rings. The number of hydrogen-bond donors (Lipinski definition) is 1. The number of halogens is 1. The first-order valence-corrected chi connectivity index (χ1v) is 6.19. The molecule has 0 radical (unpaired) electrons. The summed E-state index contributed by atoms with van der Waals surface area (Å²) in [5.41, 5.74) is -3.35. The van der Waals surface area contributed by atoms with E-state index >= 15 is 0 Å². The Morgan fingerprint density at radius 2 is 2.05 bits per heavy atom. The van der Waals surface area contributed by atoms with Gasteiger partial charge in [0.05, 0.1) is 31.1 Å². The minimum atomic E-state index is -1.79. The van der Waals surface area contributed by atoms with E-state index in [1.54, 1.807) is 0 Å². The molecule has 1 N–H and O–H groups in total. The largest absolute Gasteiger partial charge is 0.480 e. The van der Waals surface area contributed by atoms with E-state index in [1.165, 1.54) is 11.0 Å². The Balaban J connectivity index is 2.47. The number of nitrogens with zero attached hydrogens (tertiary/aromatic N) is 3. The zero-order chi connectivity index (χ0) is 15.1. The molecule has 0 aromatic rings. The van der Waals surface area contributed by atoms with Gasteiger partial charge in [-0.05, 0) is 0 Å². The number of aliphatic carboxylic acids is 1. The first-order chi connectivity index (χ1) is 9.22. The summed E-state index contributed by atoms with van der Waals surface area (Å²) >= 11 is 5.93. The van der Waals surface area contributed by atoms with Crippen LogP contribution in [0.4, 0.5) is 0 Å². The Hall–Kier alpha value is -1.74. The third-order valence-corrected chi connectivity index (χ3v) is 4.33. The molecule has 1 saturated heterocycles. The molecule has 0 amide bonds. The van der Waals surface area contributed by atoms with E-state index < -0.39 is 33.4 Å². The van der Waals surface area contributed by atoms with Gasteiger partial charge >= 0.3 is 5.97 Å². The Kier molecular flexibility index (Phi) is 3.42. The van der Waals surface area contributed by atoms with Crippen molar-refractivity contribution < 1.29 is 19.7 Å². The lowest BCUT2D eigenvalue weighted by atomic mass is 9.72. The fraction of sp³-hybridized carbons (Fsp3) is 0.700. The van der Waals surface area contributed by atoms with Gasteiger partial charge in [0.2, 0.25) is 5.54 Å². The Morgan fingerprint density at radius 3 is 2.55 bits per heavy atom. The van der Waals surface area contributed by atoms with E-state index in [0.717, 1.165) is 0 Å². The molecule has 10 heteroatoms. The topological polar surface area (TPSA) is 127 Å². The number of hydrogen-bond acceptors (Lipinski definition) is 6. The molecule has 2 bridgehead atoms. The predicted octanol–water partition coefficient (Wildman–Crippen LogP) is 0.334. The second-order valence-corrected chi connectivity index (χ2v) is 5.65. The van der Waals surface area contributed by atoms with Crippen molar-refractivity contribution >= 4 is 17.6 Å². The second kappa shape index (κ2) is 4.67. The average molecular weight is 306 g/mol. The Bertz CT molecular complexity index is 523. The monoisotopic (exact) mass is 305 g/mol. The highest BCUT2D eigenvalue weighted by Crippen LogP contribution is 2.45. The van der Waals surface area contributed by atoms with Gasteiger partial charge < -0.3 is 5.11 Å². The van der Waals surface area contributed by atoms with E-state index in [2.05, 4.69) is 0 Å². The first-order valence-electron chi connectivity index (χ1n) is 5.81. The lowest BCUT2D eigenvalue weighted by molar-refractivity contribution is -0.620. The summed E-state index contributed by atoms with van der Waals surface area (Å²) in [6.07, 6.45) is 0.963. The summed E-state index contributed by atoms with van der Waals surface area (Å²) in [7, 11) is 0. The third-order valence-electron chi connectivity index (χ3n) is 3.83. The summed E-state index contributed by atoms with van der Waals surface area (Å²) in [5, 5.41) is 31.5. The van der Waals surface area contributed by atoms with Gasteiger partial charge in [0.1, 0.15) is 0 Å². The molecule has 2 atom stereocenters. The SMILES string of the molecule is O=C(O)CN1C[C@]2([N+](=O)[O-])CC=C(Cl)[C@@]([N+](=O)[O-])(C1)C2. The summed E-state index contributed by atoms with van der Waals surface area (Å²) < 4.78 is 0. The van der Waals surface area contributed by atoms with Crippen LogP contribution in [0.1, 0.15) is 12.8 Å². The smallest absolute Gasteiger partial charge is 0.317 e. The van der Waals surface area contributed by atoms with Gasteiger partial charge in [-0.1, -0.05) is 17.7 Å². The normalized spacial score (nSPS) is 33.4. The van der Waals surface area contributed by atoms with E-state index in [1.807, 2.05) is 0 Å². The minimum Gasteiger partial charge on any atom is -0.480 e.